The standard InChI is InChI=1S/C26H23ClN8O3/c27-19-3-7-21(8-4-19)35-23-22(15-30-35)25(37)33(17-28-23)16-26(38)9-12-32(13-10-26)24(36)18-1-5-20(6-2-18)34-14-11-29-31-34/h1-8,11,14-15,17,38H,9-10,12-13,16H2. The maximum absolute atomic E-state index is 13.2. The minimum Gasteiger partial charge on any atom is -0.388 e. The Bertz CT molecular complexity index is 1650. The monoisotopic (exact) mass is 530 g/mol. The molecule has 38 heavy (non-hydrogen) atoms. The molecule has 192 valence electrons. The van der Waals surface area contributed by atoms with Crippen LogP contribution in [0.2, 0.25) is 5.02 Å². The van der Waals surface area contributed by atoms with Gasteiger partial charge in [-0.2, -0.15) is 5.10 Å². The number of halogens is 1. The average Bonchev–Trinajstić information content (AvgIpc) is 3.62. The lowest BCUT2D eigenvalue weighted by Crippen LogP contribution is -2.49. The van der Waals surface area contributed by atoms with Crippen molar-refractivity contribution in [1.29, 1.82) is 0 Å². The minimum absolute atomic E-state index is 0.0789. The number of carbonyl (C=O) groups excluding carboxylic acids is 1. The van der Waals surface area contributed by atoms with Gasteiger partial charge in [-0.1, -0.05) is 16.8 Å². The predicted octanol–water partition coefficient (Wildman–Crippen LogP) is 2.48. The van der Waals surface area contributed by atoms with Crippen molar-refractivity contribution in [3.05, 3.63) is 94.4 Å². The Labute approximate surface area is 221 Å². The van der Waals surface area contributed by atoms with Gasteiger partial charge in [0.15, 0.2) is 5.65 Å². The normalized spacial score (nSPS) is 15.2. The van der Waals surface area contributed by atoms with Crippen molar-refractivity contribution in [3.63, 3.8) is 0 Å². The molecule has 12 heteroatoms. The Kier molecular flexibility index (Phi) is 6.01. The van der Waals surface area contributed by atoms with Crippen LogP contribution in [0.5, 0.6) is 0 Å². The highest BCUT2D eigenvalue weighted by Crippen LogP contribution is 2.25. The first kappa shape index (κ1) is 24.0. The summed E-state index contributed by atoms with van der Waals surface area (Å²) in [6.07, 6.45) is 6.91. The van der Waals surface area contributed by atoms with E-state index in [9.17, 15) is 14.7 Å². The van der Waals surface area contributed by atoms with Gasteiger partial charge in [0, 0.05) is 23.7 Å². The number of aliphatic hydroxyl groups is 1. The number of rotatable bonds is 5. The maximum Gasteiger partial charge on any atom is 0.264 e. The maximum atomic E-state index is 13.2. The van der Waals surface area contributed by atoms with Crippen molar-refractivity contribution in [2.45, 2.75) is 25.0 Å². The third-order valence-corrected chi connectivity index (χ3v) is 7.13. The summed E-state index contributed by atoms with van der Waals surface area (Å²) in [4.78, 5) is 32.4. The molecule has 1 N–H and O–H groups in total. The van der Waals surface area contributed by atoms with Crippen molar-refractivity contribution in [3.8, 4) is 11.4 Å². The quantitative estimate of drug-likeness (QED) is 0.370. The van der Waals surface area contributed by atoms with Crippen LogP contribution in [0.15, 0.2) is 78.2 Å². The summed E-state index contributed by atoms with van der Waals surface area (Å²) < 4.78 is 4.61. The van der Waals surface area contributed by atoms with Gasteiger partial charge in [-0.15, -0.1) is 5.10 Å². The van der Waals surface area contributed by atoms with Crippen LogP contribution in [-0.2, 0) is 6.54 Å². The lowest BCUT2D eigenvalue weighted by atomic mass is 9.91. The van der Waals surface area contributed by atoms with Gasteiger partial charge in [-0.05, 0) is 61.4 Å². The summed E-state index contributed by atoms with van der Waals surface area (Å²) in [5.74, 6) is -0.105. The smallest absolute Gasteiger partial charge is 0.264 e. The fourth-order valence-electron chi connectivity index (χ4n) is 4.72. The first-order valence-electron chi connectivity index (χ1n) is 12.1. The summed E-state index contributed by atoms with van der Waals surface area (Å²) >= 11 is 5.97. The van der Waals surface area contributed by atoms with Crippen LogP contribution in [0, 0.1) is 0 Å². The highest BCUT2D eigenvalue weighted by atomic mass is 35.5. The minimum atomic E-state index is -1.14. The van der Waals surface area contributed by atoms with E-state index in [-0.39, 0.29) is 18.0 Å². The Balaban J connectivity index is 1.14. The van der Waals surface area contributed by atoms with E-state index < -0.39 is 5.60 Å². The molecule has 1 amide bonds. The molecule has 2 aromatic carbocycles. The number of fused-ring (bicyclic) bond motifs is 1. The van der Waals surface area contributed by atoms with Crippen LogP contribution >= 0.6 is 11.6 Å². The first-order valence-corrected chi connectivity index (χ1v) is 12.5. The van der Waals surface area contributed by atoms with Crippen LogP contribution in [0.4, 0.5) is 0 Å². The third kappa shape index (κ3) is 4.46. The molecule has 1 saturated heterocycles. The van der Waals surface area contributed by atoms with E-state index in [0.29, 0.717) is 47.6 Å². The Morgan fingerprint density at radius 2 is 1.74 bits per heavy atom. The fourth-order valence-corrected chi connectivity index (χ4v) is 4.84. The van der Waals surface area contributed by atoms with E-state index in [1.54, 1.807) is 63.1 Å². The van der Waals surface area contributed by atoms with Gasteiger partial charge in [0.1, 0.15) is 11.7 Å². The number of likely N-dealkylation sites (tertiary alicyclic amines) is 1. The van der Waals surface area contributed by atoms with Crippen LogP contribution in [-0.4, -0.2) is 68.9 Å². The molecule has 1 fully saturated rings. The molecule has 3 aromatic heterocycles. The van der Waals surface area contributed by atoms with E-state index in [1.807, 2.05) is 12.1 Å². The van der Waals surface area contributed by atoms with Gasteiger partial charge >= 0.3 is 0 Å². The Morgan fingerprint density at radius 3 is 2.42 bits per heavy atom. The molecule has 5 aromatic rings. The van der Waals surface area contributed by atoms with Crippen molar-refractivity contribution in [1.82, 2.24) is 39.2 Å². The number of hydrogen-bond acceptors (Lipinski definition) is 7. The van der Waals surface area contributed by atoms with Crippen molar-refractivity contribution in [2.75, 3.05) is 13.1 Å². The summed E-state index contributed by atoms with van der Waals surface area (Å²) in [7, 11) is 0. The lowest BCUT2D eigenvalue weighted by molar-refractivity contribution is -0.0299. The highest BCUT2D eigenvalue weighted by Gasteiger charge is 2.35. The van der Waals surface area contributed by atoms with Crippen LogP contribution in [0.3, 0.4) is 0 Å². The molecular formula is C26H23ClN8O3. The molecular weight excluding hydrogens is 508 g/mol. The van der Waals surface area contributed by atoms with Gasteiger partial charge in [-0.3, -0.25) is 14.2 Å². The molecule has 1 aliphatic heterocycles. The number of benzene rings is 2. The molecule has 11 nitrogen and oxygen atoms in total. The predicted molar refractivity (Wildman–Crippen MR) is 140 cm³/mol. The molecule has 0 atom stereocenters. The zero-order valence-corrected chi connectivity index (χ0v) is 20.9. The molecule has 1 aliphatic rings. The summed E-state index contributed by atoms with van der Waals surface area (Å²) in [6.45, 7) is 0.827. The fraction of sp³-hybridized carbons (Fsp3) is 0.231. The summed E-state index contributed by atoms with van der Waals surface area (Å²) in [5.41, 5.74) is 1.10. The van der Waals surface area contributed by atoms with Crippen molar-refractivity contribution < 1.29 is 9.90 Å². The molecule has 0 bridgehead atoms. The van der Waals surface area contributed by atoms with Crippen molar-refractivity contribution in [2.24, 2.45) is 0 Å². The highest BCUT2D eigenvalue weighted by molar-refractivity contribution is 6.30. The summed E-state index contributed by atoms with van der Waals surface area (Å²) in [5, 5.41) is 24.3. The van der Waals surface area contributed by atoms with E-state index in [4.69, 9.17) is 11.6 Å². The second-order valence-corrected chi connectivity index (χ2v) is 9.80. The van der Waals surface area contributed by atoms with E-state index in [2.05, 4.69) is 20.4 Å². The molecule has 0 radical (unpaired) electrons. The zero-order chi connectivity index (χ0) is 26.3. The topological polar surface area (TPSA) is 124 Å². The van der Waals surface area contributed by atoms with Gasteiger partial charge in [-0.25, -0.2) is 14.3 Å². The first-order chi connectivity index (χ1) is 18.4. The van der Waals surface area contributed by atoms with E-state index in [0.717, 1.165) is 11.4 Å². The number of carbonyl (C=O) groups is 1. The number of piperidine rings is 1. The lowest BCUT2D eigenvalue weighted by Gasteiger charge is -2.38. The second kappa shape index (κ2) is 9.51. The van der Waals surface area contributed by atoms with Gasteiger partial charge in [0.05, 0.1) is 42.1 Å². The molecule has 0 unspecified atom stereocenters. The number of aromatic nitrogens is 7. The van der Waals surface area contributed by atoms with Gasteiger partial charge < -0.3 is 10.0 Å². The van der Waals surface area contributed by atoms with Crippen LogP contribution in [0.1, 0.15) is 23.2 Å². The largest absolute Gasteiger partial charge is 0.388 e. The SMILES string of the molecule is O=C(c1ccc(-n2ccnn2)cc1)N1CCC(O)(Cn2cnc3c(cnn3-c3ccc(Cl)cc3)c2=O)CC1. The molecule has 4 heterocycles. The third-order valence-electron chi connectivity index (χ3n) is 6.87. The number of hydrogen-bond donors (Lipinski definition) is 1. The van der Waals surface area contributed by atoms with Crippen LogP contribution in [0.25, 0.3) is 22.4 Å². The average molecular weight is 531 g/mol. The van der Waals surface area contributed by atoms with Crippen LogP contribution < -0.4 is 5.56 Å². The zero-order valence-electron chi connectivity index (χ0n) is 20.2. The van der Waals surface area contributed by atoms with Gasteiger partial charge in [0.25, 0.3) is 11.5 Å². The van der Waals surface area contributed by atoms with Gasteiger partial charge in [0.2, 0.25) is 0 Å². The molecule has 0 spiro atoms. The molecule has 0 aliphatic carbocycles. The second-order valence-electron chi connectivity index (χ2n) is 9.36. The Morgan fingerprint density at radius 1 is 1.03 bits per heavy atom. The number of amides is 1. The number of nitrogens with zero attached hydrogens (tertiary/aromatic N) is 8. The van der Waals surface area contributed by atoms with Crippen molar-refractivity contribution >= 4 is 28.5 Å². The molecule has 0 saturated carbocycles. The van der Waals surface area contributed by atoms with E-state index >= 15 is 0 Å². The summed E-state index contributed by atoms with van der Waals surface area (Å²) in [6, 6.07) is 14.2. The molecule has 6 rings (SSSR count). The van der Waals surface area contributed by atoms with E-state index in [1.165, 1.54) is 17.1 Å². The Hall–Kier alpha value is -4.35.